The van der Waals surface area contributed by atoms with Crippen LogP contribution >= 0.6 is 0 Å². The van der Waals surface area contributed by atoms with E-state index < -0.39 is 0 Å². The van der Waals surface area contributed by atoms with E-state index in [0.29, 0.717) is 24.7 Å². The van der Waals surface area contributed by atoms with Gasteiger partial charge in [-0.15, -0.1) is 0 Å². The third kappa shape index (κ3) is 3.95. The molecule has 3 unspecified atom stereocenters. The minimum absolute atomic E-state index is 0.188. The number of nitrogens with one attached hydrogen (secondary N) is 3. The third-order valence-corrected chi connectivity index (χ3v) is 5.15. The highest BCUT2D eigenvalue weighted by Gasteiger charge is 2.32. The Labute approximate surface area is 122 Å². The van der Waals surface area contributed by atoms with Crippen molar-refractivity contribution >= 4 is 5.91 Å². The maximum Gasteiger partial charge on any atom is 0.234 e. The summed E-state index contributed by atoms with van der Waals surface area (Å²) < 4.78 is 0. The van der Waals surface area contributed by atoms with Gasteiger partial charge in [0.15, 0.2) is 0 Å². The van der Waals surface area contributed by atoms with E-state index in [4.69, 9.17) is 0 Å². The topological polar surface area (TPSA) is 53.2 Å². The van der Waals surface area contributed by atoms with Crippen LogP contribution in [0.15, 0.2) is 0 Å². The first-order valence-electron chi connectivity index (χ1n) is 8.59. The van der Waals surface area contributed by atoms with E-state index in [-0.39, 0.29) is 5.91 Å². The van der Waals surface area contributed by atoms with Gasteiger partial charge in [0.2, 0.25) is 5.91 Å². The van der Waals surface area contributed by atoms with Crippen LogP contribution in [-0.2, 0) is 4.79 Å². The molecule has 0 aromatic rings. The van der Waals surface area contributed by atoms with Gasteiger partial charge in [-0.2, -0.15) is 0 Å². The first-order valence-corrected chi connectivity index (χ1v) is 8.59. The molecule has 1 saturated heterocycles. The molecule has 3 atom stereocenters. The quantitative estimate of drug-likeness (QED) is 0.716. The molecule has 3 aliphatic rings. The SMILES string of the molecule is O=C(CNC1CCCCC1C1CCCCN1)NC1CC1. The average Bonchev–Trinajstić information content (AvgIpc) is 3.30. The van der Waals surface area contributed by atoms with E-state index in [2.05, 4.69) is 16.0 Å². The lowest BCUT2D eigenvalue weighted by atomic mass is 9.77. The van der Waals surface area contributed by atoms with Crippen LogP contribution < -0.4 is 16.0 Å². The van der Waals surface area contributed by atoms with Crippen molar-refractivity contribution in [3.05, 3.63) is 0 Å². The zero-order chi connectivity index (χ0) is 13.8. The second kappa shape index (κ2) is 6.90. The second-order valence-electron chi connectivity index (χ2n) is 6.83. The van der Waals surface area contributed by atoms with Crippen molar-refractivity contribution in [2.75, 3.05) is 13.1 Å². The van der Waals surface area contributed by atoms with Crippen molar-refractivity contribution < 1.29 is 4.79 Å². The molecule has 0 aromatic carbocycles. The van der Waals surface area contributed by atoms with Gasteiger partial charge in [-0.25, -0.2) is 0 Å². The molecular weight excluding hydrogens is 250 g/mol. The Kier molecular flexibility index (Phi) is 4.94. The lowest BCUT2D eigenvalue weighted by molar-refractivity contribution is -0.120. The van der Waals surface area contributed by atoms with Crippen LogP contribution in [0.2, 0.25) is 0 Å². The van der Waals surface area contributed by atoms with Crippen LogP contribution in [0.5, 0.6) is 0 Å². The smallest absolute Gasteiger partial charge is 0.234 e. The van der Waals surface area contributed by atoms with Gasteiger partial charge in [-0.05, 0) is 51.0 Å². The zero-order valence-corrected chi connectivity index (χ0v) is 12.5. The number of amides is 1. The number of hydrogen-bond donors (Lipinski definition) is 3. The lowest BCUT2D eigenvalue weighted by Crippen LogP contribution is -2.52. The Morgan fingerprint density at radius 1 is 1.00 bits per heavy atom. The number of rotatable bonds is 5. The summed E-state index contributed by atoms with van der Waals surface area (Å²) in [6, 6.07) is 1.68. The highest BCUT2D eigenvalue weighted by Crippen LogP contribution is 2.30. The molecule has 1 heterocycles. The highest BCUT2D eigenvalue weighted by molar-refractivity contribution is 5.78. The summed E-state index contributed by atoms with van der Waals surface area (Å²) in [5.74, 6) is 0.909. The van der Waals surface area contributed by atoms with Crippen molar-refractivity contribution in [1.82, 2.24) is 16.0 Å². The number of piperidine rings is 1. The van der Waals surface area contributed by atoms with Crippen LogP contribution in [0.25, 0.3) is 0 Å². The molecule has 0 aromatic heterocycles. The Bertz CT molecular complexity index is 324. The van der Waals surface area contributed by atoms with Crippen LogP contribution in [0, 0.1) is 5.92 Å². The van der Waals surface area contributed by atoms with Crippen LogP contribution in [0.4, 0.5) is 0 Å². The predicted octanol–water partition coefficient (Wildman–Crippen LogP) is 1.56. The molecule has 2 aliphatic carbocycles. The molecule has 4 nitrogen and oxygen atoms in total. The fourth-order valence-electron chi connectivity index (χ4n) is 3.87. The van der Waals surface area contributed by atoms with Crippen molar-refractivity contribution in [1.29, 1.82) is 0 Å². The van der Waals surface area contributed by atoms with Gasteiger partial charge in [0.05, 0.1) is 6.54 Å². The Hall–Kier alpha value is -0.610. The molecule has 114 valence electrons. The molecule has 1 aliphatic heterocycles. The summed E-state index contributed by atoms with van der Waals surface area (Å²) in [5, 5.41) is 10.3. The first kappa shape index (κ1) is 14.3. The van der Waals surface area contributed by atoms with Gasteiger partial charge in [0.1, 0.15) is 0 Å². The van der Waals surface area contributed by atoms with E-state index in [1.54, 1.807) is 0 Å². The van der Waals surface area contributed by atoms with Crippen molar-refractivity contribution in [2.45, 2.75) is 75.9 Å². The van der Waals surface area contributed by atoms with Gasteiger partial charge in [-0.3, -0.25) is 4.79 Å². The molecule has 0 spiro atoms. The normalized spacial score (nSPS) is 34.7. The summed E-state index contributed by atoms with van der Waals surface area (Å²) in [6.07, 6.45) is 11.6. The molecule has 0 radical (unpaired) electrons. The lowest BCUT2D eigenvalue weighted by Gasteiger charge is -2.39. The third-order valence-electron chi connectivity index (χ3n) is 5.15. The van der Waals surface area contributed by atoms with Gasteiger partial charge < -0.3 is 16.0 Å². The van der Waals surface area contributed by atoms with Crippen LogP contribution in [-0.4, -0.2) is 37.1 Å². The molecule has 1 amide bonds. The van der Waals surface area contributed by atoms with Gasteiger partial charge >= 0.3 is 0 Å². The summed E-state index contributed by atoms with van der Waals surface area (Å²) in [4.78, 5) is 11.8. The summed E-state index contributed by atoms with van der Waals surface area (Å²) >= 11 is 0. The molecule has 20 heavy (non-hydrogen) atoms. The van der Waals surface area contributed by atoms with E-state index in [1.807, 2.05) is 0 Å². The van der Waals surface area contributed by atoms with Crippen molar-refractivity contribution in [2.24, 2.45) is 5.92 Å². The monoisotopic (exact) mass is 279 g/mol. The largest absolute Gasteiger partial charge is 0.352 e. The molecule has 0 bridgehead atoms. The van der Waals surface area contributed by atoms with E-state index >= 15 is 0 Å². The first-order chi connectivity index (χ1) is 9.83. The predicted molar refractivity (Wildman–Crippen MR) is 80.6 cm³/mol. The highest BCUT2D eigenvalue weighted by atomic mass is 16.2. The molecule has 2 saturated carbocycles. The minimum Gasteiger partial charge on any atom is -0.352 e. The van der Waals surface area contributed by atoms with E-state index in [9.17, 15) is 4.79 Å². The molecule has 3 N–H and O–H groups in total. The molecule has 3 fully saturated rings. The van der Waals surface area contributed by atoms with E-state index in [1.165, 1.54) is 64.3 Å². The Balaban J connectivity index is 1.47. The maximum absolute atomic E-state index is 11.8. The number of carbonyl (C=O) groups excluding carboxylic acids is 1. The molecule has 3 rings (SSSR count). The number of hydrogen-bond acceptors (Lipinski definition) is 3. The Morgan fingerprint density at radius 2 is 1.80 bits per heavy atom. The summed E-state index contributed by atoms with van der Waals surface area (Å²) in [7, 11) is 0. The minimum atomic E-state index is 0.188. The molecular formula is C16H29N3O. The van der Waals surface area contributed by atoms with Crippen LogP contribution in [0.1, 0.15) is 57.8 Å². The summed E-state index contributed by atoms with van der Waals surface area (Å²) in [6.45, 7) is 1.68. The standard InChI is InChI=1S/C16H29N3O/c20-16(19-12-8-9-12)11-18-15-6-2-1-5-13(15)14-7-3-4-10-17-14/h12-15,17-18H,1-11H2,(H,19,20). The zero-order valence-electron chi connectivity index (χ0n) is 12.5. The van der Waals surface area contributed by atoms with E-state index in [0.717, 1.165) is 5.92 Å². The summed E-state index contributed by atoms with van der Waals surface area (Å²) in [5.41, 5.74) is 0. The van der Waals surface area contributed by atoms with Crippen molar-refractivity contribution in [3.8, 4) is 0 Å². The maximum atomic E-state index is 11.8. The number of carbonyl (C=O) groups is 1. The van der Waals surface area contributed by atoms with Gasteiger partial charge in [0.25, 0.3) is 0 Å². The van der Waals surface area contributed by atoms with Crippen LogP contribution in [0.3, 0.4) is 0 Å². The van der Waals surface area contributed by atoms with Crippen molar-refractivity contribution in [3.63, 3.8) is 0 Å². The fourth-order valence-corrected chi connectivity index (χ4v) is 3.87. The van der Waals surface area contributed by atoms with Gasteiger partial charge in [-0.1, -0.05) is 19.3 Å². The van der Waals surface area contributed by atoms with Gasteiger partial charge in [0, 0.05) is 18.1 Å². The Morgan fingerprint density at radius 3 is 2.55 bits per heavy atom. The average molecular weight is 279 g/mol. The second-order valence-corrected chi connectivity index (χ2v) is 6.83. The fraction of sp³-hybridized carbons (Fsp3) is 0.938. The molecule has 4 heteroatoms.